The van der Waals surface area contributed by atoms with E-state index in [4.69, 9.17) is 4.74 Å². The standard InChI is InChI=1S/C20H20N2O2S/c1-14-17(13-15-9-5-3-6-10-15)22-20(21-14)25-18(19(23)24-2)16-11-7-4-8-12-16/h3-12,18H,13H2,1-2H3,(H,21,22). The number of rotatable bonds is 6. The summed E-state index contributed by atoms with van der Waals surface area (Å²) in [6, 6.07) is 19.8. The first-order valence-electron chi connectivity index (χ1n) is 8.06. The molecule has 1 atom stereocenters. The molecule has 1 heterocycles. The molecule has 1 unspecified atom stereocenters. The Morgan fingerprint density at radius 2 is 1.76 bits per heavy atom. The average molecular weight is 352 g/mol. The highest BCUT2D eigenvalue weighted by molar-refractivity contribution is 8.00. The van der Waals surface area contributed by atoms with Crippen LogP contribution in [0.1, 0.15) is 27.8 Å². The fourth-order valence-corrected chi connectivity index (χ4v) is 3.67. The average Bonchev–Trinajstić information content (AvgIpc) is 3.00. The Balaban J connectivity index is 1.81. The van der Waals surface area contributed by atoms with Gasteiger partial charge in [0.05, 0.1) is 12.8 Å². The van der Waals surface area contributed by atoms with E-state index >= 15 is 0 Å². The van der Waals surface area contributed by atoms with Crippen molar-refractivity contribution in [1.82, 2.24) is 9.97 Å². The van der Waals surface area contributed by atoms with Gasteiger partial charge in [0.2, 0.25) is 0 Å². The number of benzene rings is 2. The number of hydrogen-bond donors (Lipinski definition) is 1. The fraction of sp³-hybridized carbons (Fsp3) is 0.200. The van der Waals surface area contributed by atoms with Crippen LogP contribution in [0.4, 0.5) is 0 Å². The maximum absolute atomic E-state index is 12.2. The van der Waals surface area contributed by atoms with E-state index in [0.29, 0.717) is 0 Å². The molecule has 0 bridgehead atoms. The number of imidazole rings is 1. The Hall–Kier alpha value is -2.53. The summed E-state index contributed by atoms with van der Waals surface area (Å²) in [5, 5.41) is 0.281. The Labute approximate surface area is 151 Å². The third-order valence-electron chi connectivity index (χ3n) is 3.93. The number of aromatic amines is 1. The molecule has 2 aromatic carbocycles. The number of nitrogens with one attached hydrogen (secondary N) is 1. The van der Waals surface area contributed by atoms with Crippen LogP contribution in [-0.2, 0) is 16.0 Å². The number of nitrogens with zero attached hydrogens (tertiary/aromatic N) is 1. The van der Waals surface area contributed by atoms with E-state index in [9.17, 15) is 4.79 Å². The lowest BCUT2D eigenvalue weighted by molar-refractivity contribution is -0.140. The van der Waals surface area contributed by atoms with Gasteiger partial charge in [-0.25, -0.2) is 4.98 Å². The fourth-order valence-electron chi connectivity index (χ4n) is 2.58. The Bertz CT molecular complexity index is 831. The number of carbonyl (C=O) groups excluding carboxylic acids is 1. The molecule has 4 nitrogen and oxygen atoms in total. The van der Waals surface area contributed by atoms with Crippen LogP contribution in [0.5, 0.6) is 0 Å². The van der Waals surface area contributed by atoms with Crippen LogP contribution in [0.25, 0.3) is 0 Å². The van der Waals surface area contributed by atoms with Crippen molar-refractivity contribution in [3.8, 4) is 0 Å². The lowest BCUT2D eigenvalue weighted by Crippen LogP contribution is -2.11. The van der Waals surface area contributed by atoms with Gasteiger partial charge >= 0.3 is 5.97 Å². The quantitative estimate of drug-likeness (QED) is 0.530. The van der Waals surface area contributed by atoms with E-state index in [2.05, 4.69) is 22.1 Å². The lowest BCUT2D eigenvalue weighted by atomic mass is 10.1. The molecule has 3 rings (SSSR count). The van der Waals surface area contributed by atoms with Crippen molar-refractivity contribution >= 4 is 17.7 Å². The number of thioether (sulfide) groups is 1. The highest BCUT2D eigenvalue weighted by Gasteiger charge is 2.24. The molecule has 3 aromatic rings. The van der Waals surface area contributed by atoms with Gasteiger partial charge in [0.1, 0.15) is 5.25 Å². The molecule has 0 aliphatic rings. The van der Waals surface area contributed by atoms with Crippen molar-refractivity contribution in [3.63, 3.8) is 0 Å². The third kappa shape index (κ3) is 4.31. The normalized spacial score (nSPS) is 11.9. The topological polar surface area (TPSA) is 55.0 Å². The van der Waals surface area contributed by atoms with E-state index in [1.165, 1.54) is 24.4 Å². The predicted molar refractivity (Wildman–Crippen MR) is 99.6 cm³/mol. The van der Waals surface area contributed by atoms with E-state index in [1.54, 1.807) is 0 Å². The minimum atomic E-state index is -0.443. The van der Waals surface area contributed by atoms with Gasteiger partial charge in [-0.1, -0.05) is 72.4 Å². The number of methoxy groups -OCH3 is 1. The summed E-state index contributed by atoms with van der Waals surface area (Å²) in [7, 11) is 1.41. The van der Waals surface area contributed by atoms with Crippen LogP contribution in [0, 0.1) is 6.92 Å². The second-order valence-corrected chi connectivity index (χ2v) is 6.80. The van der Waals surface area contributed by atoms with E-state index in [-0.39, 0.29) is 5.97 Å². The molecule has 128 valence electrons. The number of esters is 1. The van der Waals surface area contributed by atoms with Crippen LogP contribution in [0.2, 0.25) is 0 Å². The summed E-state index contributed by atoms with van der Waals surface area (Å²) in [6.07, 6.45) is 0.762. The van der Waals surface area contributed by atoms with Crippen LogP contribution in [0.3, 0.4) is 0 Å². The molecule has 0 saturated carbocycles. The van der Waals surface area contributed by atoms with E-state index in [1.807, 2.05) is 55.5 Å². The van der Waals surface area contributed by atoms with Crippen molar-refractivity contribution < 1.29 is 9.53 Å². The molecule has 0 aliphatic heterocycles. The SMILES string of the molecule is COC(=O)C(Sc1nc(Cc2ccccc2)c(C)[nH]1)c1ccccc1. The lowest BCUT2D eigenvalue weighted by Gasteiger charge is -2.12. The smallest absolute Gasteiger partial charge is 0.323 e. The zero-order valence-electron chi connectivity index (χ0n) is 14.2. The van der Waals surface area contributed by atoms with E-state index < -0.39 is 5.25 Å². The van der Waals surface area contributed by atoms with Crippen molar-refractivity contribution in [3.05, 3.63) is 83.2 Å². The monoisotopic (exact) mass is 352 g/mol. The second-order valence-electron chi connectivity index (χ2n) is 5.71. The molecule has 5 heteroatoms. The number of aryl methyl sites for hydroxylation is 1. The summed E-state index contributed by atoms with van der Waals surface area (Å²) >= 11 is 1.38. The Morgan fingerprint density at radius 3 is 2.40 bits per heavy atom. The van der Waals surface area contributed by atoms with E-state index in [0.717, 1.165) is 28.5 Å². The van der Waals surface area contributed by atoms with Gasteiger partial charge < -0.3 is 9.72 Å². The number of hydrogen-bond acceptors (Lipinski definition) is 4. The first-order chi connectivity index (χ1) is 12.2. The van der Waals surface area contributed by atoms with Crippen LogP contribution in [-0.4, -0.2) is 23.0 Å². The number of ether oxygens (including phenoxy) is 1. The molecule has 0 fully saturated rings. The first-order valence-corrected chi connectivity index (χ1v) is 8.94. The molecule has 0 amide bonds. The minimum Gasteiger partial charge on any atom is -0.468 e. The molecule has 0 saturated heterocycles. The highest BCUT2D eigenvalue weighted by atomic mass is 32.2. The van der Waals surface area contributed by atoms with Gasteiger partial charge in [-0.3, -0.25) is 4.79 Å². The Morgan fingerprint density at radius 1 is 1.12 bits per heavy atom. The van der Waals surface area contributed by atoms with Crippen LogP contribution < -0.4 is 0 Å². The zero-order chi connectivity index (χ0) is 17.6. The molecular weight excluding hydrogens is 332 g/mol. The molecule has 0 radical (unpaired) electrons. The summed E-state index contributed by atoms with van der Waals surface area (Å²) in [5.41, 5.74) is 4.12. The van der Waals surface area contributed by atoms with Crippen molar-refractivity contribution in [1.29, 1.82) is 0 Å². The molecular formula is C20H20N2O2S. The maximum Gasteiger partial charge on any atom is 0.323 e. The third-order valence-corrected chi connectivity index (χ3v) is 5.04. The maximum atomic E-state index is 12.2. The first kappa shape index (κ1) is 17.3. The van der Waals surface area contributed by atoms with Crippen LogP contribution >= 0.6 is 11.8 Å². The molecule has 0 aliphatic carbocycles. The van der Waals surface area contributed by atoms with Gasteiger partial charge in [-0.2, -0.15) is 0 Å². The van der Waals surface area contributed by atoms with Crippen molar-refractivity contribution in [2.45, 2.75) is 23.8 Å². The highest BCUT2D eigenvalue weighted by Crippen LogP contribution is 2.35. The minimum absolute atomic E-state index is 0.283. The molecule has 25 heavy (non-hydrogen) atoms. The summed E-state index contributed by atoms with van der Waals surface area (Å²) in [4.78, 5) is 20.2. The second kappa shape index (κ2) is 8.03. The largest absolute Gasteiger partial charge is 0.468 e. The van der Waals surface area contributed by atoms with Crippen molar-refractivity contribution in [2.75, 3.05) is 7.11 Å². The summed E-state index contributed by atoms with van der Waals surface area (Å²) < 4.78 is 4.97. The van der Waals surface area contributed by atoms with Gasteiger partial charge in [-0.05, 0) is 18.1 Å². The molecule has 1 N–H and O–H groups in total. The number of H-pyrrole nitrogens is 1. The van der Waals surface area contributed by atoms with Gasteiger partial charge in [0.25, 0.3) is 0 Å². The summed E-state index contributed by atoms with van der Waals surface area (Å²) in [5.74, 6) is -0.283. The molecule has 0 spiro atoms. The van der Waals surface area contributed by atoms with Crippen LogP contribution in [0.15, 0.2) is 65.8 Å². The van der Waals surface area contributed by atoms with Crippen molar-refractivity contribution in [2.24, 2.45) is 0 Å². The zero-order valence-corrected chi connectivity index (χ0v) is 15.0. The van der Waals surface area contributed by atoms with Gasteiger partial charge in [-0.15, -0.1) is 0 Å². The Kier molecular flexibility index (Phi) is 5.56. The predicted octanol–water partition coefficient (Wildman–Crippen LogP) is 4.32. The number of carbonyl (C=O) groups is 1. The van der Waals surface area contributed by atoms with Gasteiger partial charge in [0.15, 0.2) is 5.16 Å². The summed E-state index contributed by atoms with van der Waals surface area (Å²) in [6.45, 7) is 2.00. The van der Waals surface area contributed by atoms with Gasteiger partial charge in [0, 0.05) is 12.1 Å². The molecule has 1 aromatic heterocycles. The number of aromatic nitrogens is 2.